The van der Waals surface area contributed by atoms with Gasteiger partial charge < -0.3 is 9.30 Å². The van der Waals surface area contributed by atoms with E-state index >= 15 is 0 Å². The highest BCUT2D eigenvalue weighted by molar-refractivity contribution is 9.10. The van der Waals surface area contributed by atoms with Crippen molar-refractivity contribution in [3.8, 4) is 0 Å². The summed E-state index contributed by atoms with van der Waals surface area (Å²) in [5, 5.41) is 0. The molecule has 2 aromatic rings. The minimum Gasteiger partial charge on any atom is -0.460 e. The number of rotatable bonds is 3. The van der Waals surface area contributed by atoms with Crippen molar-refractivity contribution in [2.75, 3.05) is 6.61 Å². The van der Waals surface area contributed by atoms with Crippen LogP contribution < -0.4 is 0 Å². The maximum absolute atomic E-state index is 11.9. The smallest absolute Gasteiger partial charge is 0.374 e. The van der Waals surface area contributed by atoms with E-state index in [1.54, 1.807) is 6.92 Å². The quantitative estimate of drug-likeness (QED) is 0.817. The van der Waals surface area contributed by atoms with Gasteiger partial charge in [0, 0.05) is 10.5 Å². The second-order valence-electron chi connectivity index (χ2n) is 4.39. The van der Waals surface area contributed by atoms with Crippen molar-refractivity contribution < 1.29 is 9.53 Å². The van der Waals surface area contributed by atoms with E-state index in [2.05, 4.69) is 20.9 Å². The predicted molar refractivity (Wildman–Crippen MR) is 71.7 cm³/mol. The second kappa shape index (κ2) is 4.39. The van der Waals surface area contributed by atoms with E-state index in [0.717, 1.165) is 28.3 Å². The molecule has 1 aromatic carbocycles. The molecule has 1 aliphatic carbocycles. The van der Waals surface area contributed by atoms with E-state index in [9.17, 15) is 4.79 Å². The summed E-state index contributed by atoms with van der Waals surface area (Å²) >= 11 is 3.42. The fourth-order valence-corrected chi connectivity index (χ4v) is 2.46. The first-order valence-corrected chi connectivity index (χ1v) is 6.84. The lowest BCUT2D eigenvalue weighted by molar-refractivity contribution is 0.0507. The Labute approximate surface area is 113 Å². The summed E-state index contributed by atoms with van der Waals surface area (Å²) in [4.78, 5) is 16.3. The number of hydrogen-bond acceptors (Lipinski definition) is 3. The van der Waals surface area contributed by atoms with Crippen molar-refractivity contribution >= 4 is 32.9 Å². The molecule has 18 heavy (non-hydrogen) atoms. The van der Waals surface area contributed by atoms with Gasteiger partial charge in [-0.3, -0.25) is 0 Å². The monoisotopic (exact) mass is 308 g/mol. The van der Waals surface area contributed by atoms with Crippen LogP contribution in [0.5, 0.6) is 0 Å². The van der Waals surface area contributed by atoms with Gasteiger partial charge in [0.25, 0.3) is 0 Å². The molecule has 4 nitrogen and oxygen atoms in total. The molecule has 3 rings (SSSR count). The number of hydrogen-bond donors (Lipinski definition) is 0. The average molecular weight is 309 g/mol. The number of ether oxygens (including phenoxy) is 1. The van der Waals surface area contributed by atoms with Crippen molar-refractivity contribution in [1.82, 2.24) is 9.55 Å². The first-order chi connectivity index (χ1) is 8.70. The van der Waals surface area contributed by atoms with E-state index in [4.69, 9.17) is 4.74 Å². The number of nitrogens with zero attached hydrogens (tertiary/aromatic N) is 2. The third-order valence-corrected chi connectivity index (χ3v) is 3.51. The van der Waals surface area contributed by atoms with Crippen molar-refractivity contribution in [2.24, 2.45) is 0 Å². The minimum atomic E-state index is -0.336. The standard InChI is InChI=1S/C13H13BrN2O2/c1-2-18-13(17)12-15-10-7-8(14)3-6-11(10)16(12)9-4-5-9/h3,6-7,9H,2,4-5H2,1H3. The minimum absolute atomic E-state index is 0.336. The van der Waals surface area contributed by atoms with Crippen LogP contribution in [0.25, 0.3) is 11.0 Å². The fourth-order valence-electron chi connectivity index (χ4n) is 2.11. The molecule has 0 saturated heterocycles. The molecule has 94 valence electrons. The Kier molecular flexibility index (Phi) is 2.86. The molecule has 0 atom stereocenters. The van der Waals surface area contributed by atoms with Crippen LogP contribution in [0.1, 0.15) is 36.4 Å². The maximum atomic E-state index is 11.9. The van der Waals surface area contributed by atoms with Crippen LogP contribution in [0, 0.1) is 0 Å². The van der Waals surface area contributed by atoms with E-state index in [1.807, 2.05) is 22.8 Å². The first-order valence-electron chi connectivity index (χ1n) is 6.05. The third-order valence-electron chi connectivity index (χ3n) is 3.02. The SMILES string of the molecule is CCOC(=O)c1nc2cc(Br)ccc2n1C1CC1. The van der Waals surface area contributed by atoms with Gasteiger partial charge in [-0.25, -0.2) is 9.78 Å². The molecular weight excluding hydrogens is 296 g/mol. The highest BCUT2D eigenvalue weighted by atomic mass is 79.9. The fraction of sp³-hybridized carbons (Fsp3) is 0.385. The summed E-state index contributed by atoms with van der Waals surface area (Å²) in [5.41, 5.74) is 1.84. The van der Waals surface area contributed by atoms with Crippen molar-refractivity contribution in [3.63, 3.8) is 0 Å². The summed E-state index contributed by atoms with van der Waals surface area (Å²) in [6, 6.07) is 6.29. The number of imidazole rings is 1. The van der Waals surface area contributed by atoms with Gasteiger partial charge in [0.05, 0.1) is 17.6 Å². The van der Waals surface area contributed by atoms with Gasteiger partial charge in [-0.1, -0.05) is 15.9 Å². The highest BCUT2D eigenvalue weighted by Gasteiger charge is 2.31. The zero-order valence-electron chi connectivity index (χ0n) is 10.0. The summed E-state index contributed by atoms with van der Waals surface area (Å²) < 4.78 is 8.05. The predicted octanol–water partition coefficient (Wildman–Crippen LogP) is 3.31. The zero-order chi connectivity index (χ0) is 12.7. The molecule has 0 aliphatic heterocycles. The summed E-state index contributed by atoms with van der Waals surface area (Å²) in [6.07, 6.45) is 2.21. The van der Waals surface area contributed by atoms with Crippen LogP contribution in [0.4, 0.5) is 0 Å². The number of fused-ring (bicyclic) bond motifs is 1. The Hall–Kier alpha value is -1.36. The van der Waals surface area contributed by atoms with E-state index in [0.29, 0.717) is 18.5 Å². The van der Waals surface area contributed by atoms with Crippen LogP contribution in [-0.4, -0.2) is 22.1 Å². The molecule has 0 radical (unpaired) electrons. The van der Waals surface area contributed by atoms with E-state index in [-0.39, 0.29) is 5.97 Å². The van der Waals surface area contributed by atoms with E-state index < -0.39 is 0 Å². The topological polar surface area (TPSA) is 44.1 Å². The summed E-state index contributed by atoms with van der Waals surface area (Å²) in [5.74, 6) is 0.0872. The molecule has 1 aromatic heterocycles. The Morgan fingerprint density at radius 1 is 1.56 bits per heavy atom. The maximum Gasteiger partial charge on any atom is 0.374 e. The Bertz CT molecular complexity index is 617. The molecule has 0 N–H and O–H groups in total. The van der Waals surface area contributed by atoms with Crippen molar-refractivity contribution in [3.05, 3.63) is 28.5 Å². The molecule has 0 amide bonds. The molecule has 5 heteroatoms. The highest BCUT2D eigenvalue weighted by Crippen LogP contribution is 2.39. The molecule has 1 heterocycles. The molecule has 1 fully saturated rings. The number of carbonyl (C=O) groups excluding carboxylic acids is 1. The summed E-state index contributed by atoms with van der Waals surface area (Å²) in [6.45, 7) is 2.18. The van der Waals surface area contributed by atoms with Crippen LogP contribution in [0.2, 0.25) is 0 Å². The number of aromatic nitrogens is 2. The van der Waals surface area contributed by atoms with Gasteiger partial charge in [0.2, 0.25) is 5.82 Å². The molecule has 0 spiro atoms. The lowest BCUT2D eigenvalue weighted by atomic mass is 10.3. The normalized spacial score (nSPS) is 15.0. The van der Waals surface area contributed by atoms with Crippen LogP contribution in [0.3, 0.4) is 0 Å². The molecule has 1 saturated carbocycles. The van der Waals surface area contributed by atoms with Gasteiger partial charge in [-0.05, 0) is 38.0 Å². The lowest BCUT2D eigenvalue weighted by Crippen LogP contribution is -2.12. The largest absolute Gasteiger partial charge is 0.460 e. The second-order valence-corrected chi connectivity index (χ2v) is 5.31. The molecule has 0 bridgehead atoms. The van der Waals surface area contributed by atoms with Crippen molar-refractivity contribution in [1.29, 1.82) is 0 Å². The van der Waals surface area contributed by atoms with Gasteiger partial charge in [-0.15, -0.1) is 0 Å². The average Bonchev–Trinajstić information content (AvgIpc) is 3.10. The third kappa shape index (κ3) is 1.92. The molecular formula is C13H13BrN2O2. The number of benzene rings is 1. The van der Waals surface area contributed by atoms with Crippen LogP contribution in [-0.2, 0) is 4.74 Å². The Morgan fingerprint density at radius 3 is 3.00 bits per heavy atom. The Balaban J connectivity index is 2.17. The van der Waals surface area contributed by atoms with Gasteiger partial charge >= 0.3 is 5.97 Å². The number of halogens is 1. The Morgan fingerprint density at radius 2 is 2.33 bits per heavy atom. The zero-order valence-corrected chi connectivity index (χ0v) is 11.6. The lowest BCUT2D eigenvalue weighted by Gasteiger charge is -2.06. The van der Waals surface area contributed by atoms with Gasteiger partial charge in [0.1, 0.15) is 0 Å². The van der Waals surface area contributed by atoms with Gasteiger partial charge in [-0.2, -0.15) is 0 Å². The van der Waals surface area contributed by atoms with Crippen molar-refractivity contribution in [2.45, 2.75) is 25.8 Å². The number of esters is 1. The summed E-state index contributed by atoms with van der Waals surface area (Å²) in [7, 11) is 0. The first kappa shape index (κ1) is 11.7. The van der Waals surface area contributed by atoms with E-state index in [1.165, 1.54) is 0 Å². The van der Waals surface area contributed by atoms with Gasteiger partial charge in [0.15, 0.2) is 0 Å². The van der Waals surface area contributed by atoms with Crippen LogP contribution >= 0.6 is 15.9 Å². The van der Waals surface area contributed by atoms with Crippen LogP contribution in [0.15, 0.2) is 22.7 Å². The molecule has 0 unspecified atom stereocenters. The number of carbonyl (C=O) groups is 1. The molecule has 1 aliphatic rings.